The van der Waals surface area contributed by atoms with Gasteiger partial charge in [-0.15, -0.1) is 0 Å². The summed E-state index contributed by atoms with van der Waals surface area (Å²) < 4.78 is 11.4. The third kappa shape index (κ3) is 3.52. The van der Waals surface area contributed by atoms with E-state index in [1.54, 1.807) is 13.8 Å². The first-order valence-electron chi connectivity index (χ1n) is 13.3. The Kier molecular flexibility index (Phi) is 6.91. The van der Waals surface area contributed by atoms with Crippen LogP contribution in [-0.4, -0.2) is 46.0 Å². The third-order valence-corrected chi connectivity index (χ3v) is 10.8. The Balaban J connectivity index is 1.80. The molecule has 36 heavy (non-hydrogen) atoms. The minimum absolute atomic E-state index is 0.0528. The molecule has 0 radical (unpaired) electrons. The van der Waals surface area contributed by atoms with Gasteiger partial charge in [0.05, 0.1) is 6.10 Å². The molecule has 0 unspecified atom stereocenters. The number of carbonyl (C=O) groups excluding carboxylic acids is 3. The lowest BCUT2D eigenvalue weighted by Gasteiger charge is -2.65. The lowest BCUT2D eigenvalue weighted by atomic mass is 9.39. The van der Waals surface area contributed by atoms with Crippen LogP contribution in [0.4, 0.5) is 0 Å². The summed E-state index contributed by atoms with van der Waals surface area (Å²) in [5.74, 6) is -1.41. The van der Waals surface area contributed by atoms with E-state index in [1.165, 1.54) is 5.57 Å². The smallest absolute Gasteiger partial charge is 0.306 e. The van der Waals surface area contributed by atoms with E-state index in [0.717, 1.165) is 17.7 Å². The van der Waals surface area contributed by atoms with Crippen molar-refractivity contribution in [1.82, 2.24) is 0 Å². The third-order valence-electron chi connectivity index (χ3n) is 10.6. The maximum Gasteiger partial charge on any atom is 0.306 e. The van der Waals surface area contributed by atoms with Gasteiger partial charge in [0.25, 0.3) is 0 Å². The van der Waals surface area contributed by atoms with Crippen molar-refractivity contribution in [3.05, 3.63) is 23.8 Å². The van der Waals surface area contributed by atoms with E-state index in [9.17, 15) is 19.5 Å². The summed E-state index contributed by atoms with van der Waals surface area (Å²) >= 11 is 5.46. The summed E-state index contributed by atoms with van der Waals surface area (Å²) in [6, 6.07) is 0. The van der Waals surface area contributed by atoms with Crippen LogP contribution in [0.3, 0.4) is 0 Å². The molecule has 0 heterocycles. The monoisotopic (exact) mass is 516 g/mol. The molecule has 0 spiro atoms. The number of ketones is 1. The van der Waals surface area contributed by atoms with Crippen LogP contribution >= 0.6 is 12.2 Å². The first kappa shape index (κ1) is 27.2. The van der Waals surface area contributed by atoms with Crippen molar-refractivity contribution in [3.8, 4) is 0 Å². The second-order valence-corrected chi connectivity index (χ2v) is 12.4. The molecule has 0 aromatic rings. The van der Waals surface area contributed by atoms with Crippen molar-refractivity contribution in [1.29, 1.82) is 0 Å². The van der Waals surface area contributed by atoms with E-state index in [0.29, 0.717) is 12.8 Å². The number of aliphatic hydroxyl groups is 1. The molecule has 0 aromatic heterocycles. The van der Waals surface area contributed by atoms with Crippen molar-refractivity contribution in [2.75, 3.05) is 6.61 Å². The van der Waals surface area contributed by atoms with Crippen LogP contribution in [0.1, 0.15) is 80.1 Å². The number of aliphatic hydroxyl groups excluding tert-OH is 1. The molecule has 4 aliphatic carbocycles. The zero-order chi connectivity index (χ0) is 26.7. The average molecular weight is 517 g/mol. The number of ether oxygens (including phenoxy) is 2. The van der Waals surface area contributed by atoms with Crippen LogP contribution in [0, 0.1) is 34.0 Å². The van der Waals surface area contributed by atoms with Crippen LogP contribution in [0.5, 0.6) is 0 Å². The van der Waals surface area contributed by atoms with Gasteiger partial charge in [0.2, 0.25) is 5.78 Å². The van der Waals surface area contributed by atoms with Gasteiger partial charge in [0.1, 0.15) is 0 Å². The zero-order valence-corrected chi connectivity index (χ0v) is 23.2. The number of allylic oxidation sites excluding steroid dienone is 4. The quantitative estimate of drug-likeness (QED) is 0.396. The fourth-order valence-electron chi connectivity index (χ4n) is 8.44. The van der Waals surface area contributed by atoms with Gasteiger partial charge >= 0.3 is 11.9 Å². The standard InChI is InChI=1S/C29H40O6S/c1-7-24(32)34-16-23(31)29(35-25(33)8-2)17(3)13-21-20-10-9-18-14-19(36)11-12-26(18,4)28(20,6)22(30)15-27(21,29)5/h11-12,14,17,20-22,30H,7-10,13,15-16H2,1-6H3/t17-,20-,21-,22-,26-,27-,28+,29-/m0/s1. The predicted molar refractivity (Wildman–Crippen MR) is 140 cm³/mol. The Morgan fingerprint density at radius 2 is 1.78 bits per heavy atom. The summed E-state index contributed by atoms with van der Waals surface area (Å²) in [5, 5.41) is 12.0. The van der Waals surface area contributed by atoms with Crippen molar-refractivity contribution >= 4 is 34.8 Å². The molecule has 4 rings (SSSR count). The fourth-order valence-corrected chi connectivity index (χ4v) is 8.65. The molecule has 7 heteroatoms. The van der Waals surface area contributed by atoms with Crippen molar-refractivity contribution in [3.63, 3.8) is 0 Å². The van der Waals surface area contributed by atoms with Crippen molar-refractivity contribution < 1.29 is 29.0 Å². The highest BCUT2D eigenvalue weighted by molar-refractivity contribution is 7.81. The van der Waals surface area contributed by atoms with Gasteiger partial charge in [0.15, 0.2) is 12.2 Å². The molecule has 0 bridgehead atoms. The van der Waals surface area contributed by atoms with Crippen LogP contribution < -0.4 is 0 Å². The molecule has 1 N–H and O–H groups in total. The van der Waals surface area contributed by atoms with E-state index >= 15 is 0 Å². The van der Waals surface area contributed by atoms with Gasteiger partial charge in [-0.25, -0.2) is 0 Å². The number of carbonyl (C=O) groups is 3. The first-order chi connectivity index (χ1) is 16.8. The largest absolute Gasteiger partial charge is 0.457 e. The summed E-state index contributed by atoms with van der Waals surface area (Å²) in [7, 11) is 0. The molecular formula is C29H40O6S. The molecular weight excluding hydrogens is 476 g/mol. The maximum absolute atomic E-state index is 13.9. The number of thiocarbonyl (C=S) groups is 1. The molecule has 3 fully saturated rings. The molecule has 0 amide bonds. The van der Waals surface area contributed by atoms with Gasteiger partial charge in [-0.1, -0.05) is 65.4 Å². The van der Waals surface area contributed by atoms with E-state index in [1.807, 2.05) is 19.9 Å². The molecule has 4 aliphatic rings. The average Bonchev–Trinajstić information content (AvgIpc) is 3.05. The fraction of sp³-hybridized carbons (Fsp3) is 0.724. The van der Waals surface area contributed by atoms with E-state index in [2.05, 4.69) is 26.0 Å². The van der Waals surface area contributed by atoms with Gasteiger partial charge in [0, 0.05) is 39.9 Å². The predicted octanol–water partition coefficient (Wildman–Crippen LogP) is 4.92. The molecule has 0 saturated heterocycles. The summed E-state index contributed by atoms with van der Waals surface area (Å²) in [4.78, 5) is 39.4. The summed E-state index contributed by atoms with van der Waals surface area (Å²) in [6.45, 7) is 11.3. The Labute approximate surface area is 219 Å². The van der Waals surface area contributed by atoms with E-state index in [-0.39, 0.29) is 41.8 Å². The van der Waals surface area contributed by atoms with Crippen molar-refractivity contribution in [2.45, 2.75) is 91.8 Å². The molecule has 8 atom stereocenters. The summed E-state index contributed by atoms with van der Waals surface area (Å²) in [5.41, 5.74) is -1.80. The summed E-state index contributed by atoms with van der Waals surface area (Å²) in [6.07, 6.45) is 8.56. The molecule has 6 nitrogen and oxygen atoms in total. The lowest BCUT2D eigenvalue weighted by Crippen LogP contribution is -2.67. The van der Waals surface area contributed by atoms with Gasteiger partial charge < -0.3 is 14.6 Å². The highest BCUT2D eigenvalue weighted by Gasteiger charge is 2.75. The SMILES string of the molecule is CCC(=O)OCC(=O)[C@@]1(OC(=O)CC)[C@@H](C)C[C@H]2[C@@H]3CCC4=CC(=S)C=C[C@]4(C)[C@@]3(C)[C@@H](O)C[C@@]21C. The normalized spacial score (nSPS) is 43.1. The minimum atomic E-state index is -1.46. The number of esters is 2. The molecule has 0 aromatic carbocycles. The van der Waals surface area contributed by atoms with Crippen molar-refractivity contribution in [2.24, 2.45) is 34.0 Å². The number of Topliss-reactive ketones (excluding diaryl/α,β-unsaturated/α-hetero) is 1. The van der Waals surface area contributed by atoms with E-state index in [4.69, 9.17) is 21.7 Å². The zero-order valence-electron chi connectivity index (χ0n) is 22.4. The van der Waals surface area contributed by atoms with Gasteiger partial charge in [-0.2, -0.15) is 0 Å². The van der Waals surface area contributed by atoms with Crippen LogP contribution in [0.25, 0.3) is 0 Å². The molecule has 3 saturated carbocycles. The van der Waals surface area contributed by atoms with Crippen LogP contribution in [0.15, 0.2) is 23.8 Å². The highest BCUT2D eigenvalue weighted by Crippen LogP contribution is 2.73. The van der Waals surface area contributed by atoms with Crippen LogP contribution in [-0.2, 0) is 23.9 Å². The maximum atomic E-state index is 13.9. The van der Waals surface area contributed by atoms with Crippen LogP contribution in [0.2, 0.25) is 0 Å². The minimum Gasteiger partial charge on any atom is -0.457 e. The molecule has 198 valence electrons. The topological polar surface area (TPSA) is 89.9 Å². The lowest BCUT2D eigenvalue weighted by molar-refractivity contribution is -0.221. The number of hydrogen-bond donors (Lipinski definition) is 1. The Morgan fingerprint density at radius 1 is 1.11 bits per heavy atom. The Bertz CT molecular complexity index is 1050. The van der Waals surface area contributed by atoms with Gasteiger partial charge in [-0.3, -0.25) is 14.4 Å². The first-order valence-corrected chi connectivity index (χ1v) is 13.8. The number of hydrogen-bond acceptors (Lipinski definition) is 7. The Hall–Kier alpha value is -1.86. The Morgan fingerprint density at radius 3 is 2.42 bits per heavy atom. The number of rotatable bonds is 6. The second kappa shape index (κ2) is 9.16. The second-order valence-electron chi connectivity index (χ2n) is 11.9. The highest BCUT2D eigenvalue weighted by atomic mass is 32.1. The van der Waals surface area contributed by atoms with E-state index < -0.39 is 41.1 Å². The molecule has 0 aliphatic heterocycles. The van der Waals surface area contributed by atoms with Gasteiger partial charge in [-0.05, 0) is 49.7 Å². The number of fused-ring (bicyclic) bond motifs is 5.